The number of nitrogens with one attached hydrogen (secondary N) is 1. The lowest BCUT2D eigenvalue weighted by Gasteiger charge is -2.25. The number of hydrogen-bond donors (Lipinski definition) is 1. The number of hydrogen-bond acceptors (Lipinski definition) is 1. The van der Waals surface area contributed by atoms with Crippen LogP contribution in [0, 0.1) is 30.2 Å². The van der Waals surface area contributed by atoms with Crippen molar-refractivity contribution in [2.24, 2.45) is 0 Å². The van der Waals surface area contributed by atoms with Gasteiger partial charge < -0.3 is 5.32 Å². The highest BCUT2D eigenvalue weighted by molar-refractivity contribution is 14.1. The SMILES string of the molecule is CCNC(c1cccc(C)c1I)c1c(C)cc(F)cc1C. The molecule has 0 saturated carbocycles. The predicted octanol–water partition coefficient (Wildman–Crippen LogP) is 5.05. The Morgan fingerprint density at radius 1 is 1.10 bits per heavy atom. The minimum Gasteiger partial charge on any atom is -0.306 e. The zero-order chi connectivity index (χ0) is 15.6. The fraction of sp³-hybridized carbons (Fsp3) is 0.333. The van der Waals surface area contributed by atoms with Crippen LogP contribution < -0.4 is 5.32 Å². The van der Waals surface area contributed by atoms with E-state index in [2.05, 4.69) is 60.0 Å². The molecule has 0 aliphatic heterocycles. The summed E-state index contributed by atoms with van der Waals surface area (Å²) in [6.45, 7) is 9.06. The zero-order valence-electron chi connectivity index (χ0n) is 12.9. The van der Waals surface area contributed by atoms with Gasteiger partial charge in [0.1, 0.15) is 5.82 Å². The van der Waals surface area contributed by atoms with Gasteiger partial charge in [-0.15, -0.1) is 0 Å². The first-order valence-electron chi connectivity index (χ1n) is 7.20. The van der Waals surface area contributed by atoms with Crippen molar-refractivity contribution >= 4 is 22.6 Å². The summed E-state index contributed by atoms with van der Waals surface area (Å²) in [5, 5.41) is 3.56. The Hall–Kier alpha value is -0.940. The average molecular weight is 397 g/mol. The van der Waals surface area contributed by atoms with Crippen LogP contribution in [0.15, 0.2) is 30.3 Å². The molecule has 1 nitrogen and oxygen atoms in total. The molecule has 0 saturated heterocycles. The van der Waals surface area contributed by atoms with E-state index in [1.165, 1.54) is 20.3 Å². The number of aryl methyl sites for hydroxylation is 3. The first kappa shape index (κ1) is 16.4. The van der Waals surface area contributed by atoms with Gasteiger partial charge in [-0.2, -0.15) is 0 Å². The summed E-state index contributed by atoms with van der Waals surface area (Å²) >= 11 is 2.40. The van der Waals surface area contributed by atoms with Gasteiger partial charge in [0.2, 0.25) is 0 Å². The Bertz CT molecular complexity index is 629. The highest BCUT2D eigenvalue weighted by atomic mass is 127. The van der Waals surface area contributed by atoms with Crippen molar-refractivity contribution in [2.75, 3.05) is 6.54 Å². The van der Waals surface area contributed by atoms with E-state index in [4.69, 9.17) is 0 Å². The molecule has 0 aliphatic rings. The second kappa shape index (κ2) is 6.88. The molecule has 0 aromatic heterocycles. The lowest BCUT2D eigenvalue weighted by molar-refractivity contribution is 0.605. The van der Waals surface area contributed by atoms with E-state index in [0.29, 0.717) is 0 Å². The van der Waals surface area contributed by atoms with Crippen LogP contribution in [0.1, 0.15) is 40.8 Å². The van der Waals surface area contributed by atoms with Crippen molar-refractivity contribution in [2.45, 2.75) is 33.7 Å². The molecular formula is C18H21FIN. The lowest BCUT2D eigenvalue weighted by atomic mass is 9.90. The minimum atomic E-state index is -0.164. The van der Waals surface area contributed by atoms with Gasteiger partial charge >= 0.3 is 0 Å². The molecule has 3 heteroatoms. The summed E-state index contributed by atoms with van der Waals surface area (Å²) in [6.07, 6.45) is 0. The molecular weight excluding hydrogens is 376 g/mol. The first-order valence-corrected chi connectivity index (χ1v) is 8.28. The van der Waals surface area contributed by atoms with E-state index >= 15 is 0 Å². The Kier molecular flexibility index (Phi) is 5.38. The molecule has 1 unspecified atom stereocenters. The van der Waals surface area contributed by atoms with Gasteiger partial charge in [0.25, 0.3) is 0 Å². The molecule has 2 aromatic carbocycles. The van der Waals surface area contributed by atoms with Crippen molar-refractivity contribution in [1.82, 2.24) is 5.32 Å². The van der Waals surface area contributed by atoms with Crippen LogP contribution >= 0.6 is 22.6 Å². The molecule has 21 heavy (non-hydrogen) atoms. The van der Waals surface area contributed by atoms with Gasteiger partial charge in [-0.3, -0.25) is 0 Å². The van der Waals surface area contributed by atoms with Gasteiger partial charge in [-0.25, -0.2) is 4.39 Å². The Morgan fingerprint density at radius 2 is 1.71 bits per heavy atom. The molecule has 0 bridgehead atoms. The summed E-state index contributed by atoms with van der Waals surface area (Å²) in [4.78, 5) is 0. The van der Waals surface area contributed by atoms with Crippen molar-refractivity contribution in [3.63, 3.8) is 0 Å². The second-order valence-electron chi connectivity index (χ2n) is 5.42. The number of halogens is 2. The fourth-order valence-electron chi connectivity index (χ4n) is 2.84. The molecule has 2 rings (SSSR count). The van der Waals surface area contributed by atoms with Crippen LogP contribution in [0.2, 0.25) is 0 Å². The minimum absolute atomic E-state index is 0.0994. The molecule has 1 N–H and O–H groups in total. The topological polar surface area (TPSA) is 12.0 Å². The fourth-order valence-corrected chi connectivity index (χ4v) is 3.51. The third-order valence-corrected chi connectivity index (χ3v) is 5.26. The van der Waals surface area contributed by atoms with Gasteiger partial charge in [0, 0.05) is 3.57 Å². The van der Waals surface area contributed by atoms with E-state index in [9.17, 15) is 4.39 Å². The molecule has 112 valence electrons. The molecule has 0 fully saturated rings. The summed E-state index contributed by atoms with van der Waals surface area (Å²) in [7, 11) is 0. The van der Waals surface area contributed by atoms with Crippen molar-refractivity contribution < 1.29 is 4.39 Å². The molecule has 0 amide bonds. The van der Waals surface area contributed by atoms with Crippen LogP contribution in [0.3, 0.4) is 0 Å². The lowest BCUT2D eigenvalue weighted by Crippen LogP contribution is -2.24. The standard InChI is InChI=1S/C18H21FIN/c1-5-21-18(15-8-6-7-11(2)17(15)20)16-12(3)9-14(19)10-13(16)4/h6-10,18,21H,5H2,1-4H3. The maximum atomic E-state index is 13.6. The highest BCUT2D eigenvalue weighted by Crippen LogP contribution is 2.32. The predicted molar refractivity (Wildman–Crippen MR) is 95.3 cm³/mol. The molecule has 2 aromatic rings. The Labute approximate surface area is 140 Å². The largest absolute Gasteiger partial charge is 0.306 e. The third kappa shape index (κ3) is 3.46. The maximum Gasteiger partial charge on any atom is 0.123 e. The van der Waals surface area contributed by atoms with Gasteiger partial charge in [0.15, 0.2) is 0 Å². The van der Waals surface area contributed by atoms with E-state index in [-0.39, 0.29) is 11.9 Å². The number of rotatable bonds is 4. The van der Waals surface area contributed by atoms with Gasteiger partial charge in [-0.05, 0) is 89.9 Å². The highest BCUT2D eigenvalue weighted by Gasteiger charge is 2.20. The van der Waals surface area contributed by atoms with Crippen LogP contribution in [0.5, 0.6) is 0 Å². The van der Waals surface area contributed by atoms with Crippen molar-refractivity contribution in [3.05, 3.63) is 67.5 Å². The Morgan fingerprint density at radius 3 is 2.29 bits per heavy atom. The molecule has 1 atom stereocenters. The summed E-state index contributed by atoms with van der Waals surface area (Å²) in [6, 6.07) is 9.71. The van der Waals surface area contributed by atoms with Gasteiger partial charge in [-0.1, -0.05) is 25.1 Å². The third-order valence-electron chi connectivity index (χ3n) is 3.79. The average Bonchev–Trinajstić information content (AvgIpc) is 2.40. The second-order valence-corrected chi connectivity index (χ2v) is 6.50. The molecule has 0 radical (unpaired) electrons. The van der Waals surface area contributed by atoms with E-state index in [1.807, 2.05) is 13.8 Å². The molecule has 0 heterocycles. The zero-order valence-corrected chi connectivity index (χ0v) is 15.1. The van der Waals surface area contributed by atoms with Crippen LogP contribution in [-0.2, 0) is 0 Å². The quantitative estimate of drug-likeness (QED) is 0.712. The van der Waals surface area contributed by atoms with Gasteiger partial charge in [0.05, 0.1) is 6.04 Å². The summed E-state index contributed by atoms with van der Waals surface area (Å²) in [5.74, 6) is -0.164. The summed E-state index contributed by atoms with van der Waals surface area (Å²) in [5.41, 5.74) is 5.71. The van der Waals surface area contributed by atoms with E-state index < -0.39 is 0 Å². The smallest absolute Gasteiger partial charge is 0.123 e. The maximum absolute atomic E-state index is 13.6. The molecule has 0 spiro atoms. The van der Waals surface area contributed by atoms with Crippen molar-refractivity contribution in [3.8, 4) is 0 Å². The Balaban J connectivity index is 2.62. The summed E-state index contributed by atoms with van der Waals surface area (Å²) < 4.78 is 14.8. The number of benzene rings is 2. The monoisotopic (exact) mass is 397 g/mol. The van der Waals surface area contributed by atoms with Crippen molar-refractivity contribution in [1.29, 1.82) is 0 Å². The normalized spacial score (nSPS) is 12.5. The van der Waals surface area contributed by atoms with E-state index in [0.717, 1.165) is 17.7 Å². The first-order chi connectivity index (χ1) is 9.95. The molecule has 0 aliphatic carbocycles. The van der Waals surface area contributed by atoms with E-state index in [1.54, 1.807) is 12.1 Å². The van der Waals surface area contributed by atoms with Crippen LogP contribution in [0.4, 0.5) is 4.39 Å². The van der Waals surface area contributed by atoms with Crippen LogP contribution in [0.25, 0.3) is 0 Å². The van der Waals surface area contributed by atoms with Crippen LogP contribution in [-0.4, -0.2) is 6.54 Å².